The lowest BCUT2D eigenvalue weighted by Crippen LogP contribution is -2.50. The lowest BCUT2D eigenvalue weighted by atomic mass is 9.88. The van der Waals surface area contributed by atoms with Crippen molar-refractivity contribution in [2.45, 2.75) is 12.1 Å². The van der Waals surface area contributed by atoms with Crippen LogP contribution in [-0.4, -0.2) is 29.8 Å². The summed E-state index contributed by atoms with van der Waals surface area (Å²) in [6.07, 6.45) is 3.83. The maximum atomic E-state index is 13.7. The summed E-state index contributed by atoms with van der Waals surface area (Å²) in [5, 5.41) is 2.92. The Morgan fingerprint density at radius 2 is 1.50 bits per heavy atom. The van der Waals surface area contributed by atoms with Gasteiger partial charge in [0.05, 0.1) is 23.6 Å². The van der Waals surface area contributed by atoms with Crippen LogP contribution in [0.2, 0.25) is 0 Å². The molecule has 0 saturated carbocycles. The number of hydrogen-bond donors (Lipinski definition) is 1. The van der Waals surface area contributed by atoms with E-state index >= 15 is 0 Å². The van der Waals surface area contributed by atoms with Gasteiger partial charge in [-0.3, -0.25) is 14.4 Å². The summed E-state index contributed by atoms with van der Waals surface area (Å²) >= 11 is 0. The summed E-state index contributed by atoms with van der Waals surface area (Å²) in [5.41, 5.74) is 2.65. The minimum absolute atomic E-state index is 0.305. The number of anilines is 3. The fourth-order valence-electron chi connectivity index (χ4n) is 5.40. The molecule has 1 N–H and O–H groups in total. The Hall–Kier alpha value is -4.26. The number of benzene rings is 3. The molecule has 0 aromatic heterocycles. The molecule has 6 rings (SSSR count). The minimum Gasteiger partial charge on any atom is -0.351 e. The molecule has 3 aromatic rings. The first kappa shape index (κ1) is 20.4. The fraction of sp³-hybridized carbons (Fsp3) is 0.148. The molecule has 3 aliphatic heterocycles. The van der Waals surface area contributed by atoms with Gasteiger partial charge in [-0.05, 0) is 48.0 Å². The average molecular weight is 453 g/mol. The van der Waals surface area contributed by atoms with E-state index in [0.717, 1.165) is 16.2 Å². The molecule has 3 heterocycles. The first-order chi connectivity index (χ1) is 16.5. The molecule has 0 aliphatic carbocycles. The second-order valence-corrected chi connectivity index (χ2v) is 8.66. The number of amides is 3. The van der Waals surface area contributed by atoms with Gasteiger partial charge in [0.1, 0.15) is 11.9 Å². The molecule has 0 spiro atoms. The molecule has 7 heteroatoms. The Kier molecular flexibility index (Phi) is 4.58. The Bertz CT molecular complexity index is 1340. The van der Waals surface area contributed by atoms with Crippen LogP contribution in [-0.2, 0) is 14.4 Å². The van der Waals surface area contributed by atoms with Crippen LogP contribution in [0, 0.1) is 17.7 Å². The van der Waals surface area contributed by atoms with E-state index < -0.39 is 35.6 Å². The fourth-order valence-corrected chi connectivity index (χ4v) is 5.40. The smallest absolute Gasteiger partial charge is 0.247 e. The number of hydrogen-bond acceptors (Lipinski definition) is 4. The van der Waals surface area contributed by atoms with Gasteiger partial charge in [0.15, 0.2) is 0 Å². The lowest BCUT2D eigenvalue weighted by molar-refractivity contribution is -0.126. The van der Waals surface area contributed by atoms with Crippen molar-refractivity contribution >= 4 is 40.9 Å². The molecule has 2 saturated heterocycles. The van der Waals surface area contributed by atoms with Gasteiger partial charge in [-0.2, -0.15) is 0 Å². The highest BCUT2D eigenvalue weighted by Gasteiger charge is 2.64. The summed E-state index contributed by atoms with van der Waals surface area (Å²) in [6, 6.07) is 20.6. The third-order valence-corrected chi connectivity index (χ3v) is 6.81. The molecule has 3 amide bonds. The zero-order chi connectivity index (χ0) is 23.4. The Labute approximate surface area is 195 Å². The molecule has 3 aromatic carbocycles. The van der Waals surface area contributed by atoms with Gasteiger partial charge in [-0.25, -0.2) is 9.29 Å². The van der Waals surface area contributed by atoms with Crippen molar-refractivity contribution < 1.29 is 18.8 Å². The molecule has 34 heavy (non-hydrogen) atoms. The summed E-state index contributed by atoms with van der Waals surface area (Å²) in [5.74, 6) is -3.24. The van der Waals surface area contributed by atoms with E-state index in [2.05, 4.69) is 5.32 Å². The van der Waals surface area contributed by atoms with Crippen LogP contribution in [0.25, 0.3) is 6.08 Å². The molecule has 4 atom stereocenters. The van der Waals surface area contributed by atoms with E-state index in [1.165, 1.54) is 24.3 Å². The number of nitrogens with one attached hydrogen (secondary N) is 1. The first-order valence-corrected chi connectivity index (χ1v) is 11.1. The Morgan fingerprint density at radius 3 is 2.26 bits per heavy atom. The van der Waals surface area contributed by atoms with Crippen LogP contribution in [0.5, 0.6) is 0 Å². The zero-order valence-corrected chi connectivity index (χ0v) is 18.0. The van der Waals surface area contributed by atoms with Crippen molar-refractivity contribution in [3.8, 4) is 0 Å². The van der Waals surface area contributed by atoms with E-state index in [1.54, 1.807) is 12.1 Å². The number of fused-ring (bicyclic) bond motifs is 5. The van der Waals surface area contributed by atoms with Crippen molar-refractivity contribution in [3.63, 3.8) is 0 Å². The molecule has 2 fully saturated rings. The van der Waals surface area contributed by atoms with Crippen molar-refractivity contribution in [3.05, 3.63) is 96.3 Å². The predicted octanol–water partition coefficient (Wildman–Crippen LogP) is 3.85. The highest BCUT2D eigenvalue weighted by Crippen LogP contribution is 2.49. The molecule has 6 nitrogen and oxygen atoms in total. The number of halogens is 1. The third-order valence-electron chi connectivity index (χ3n) is 6.81. The van der Waals surface area contributed by atoms with Gasteiger partial charge < -0.3 is 10.2 Å². The molecular formula is C27H20FN3O3. The van der Waals surface area contributed by atoms with Gasteiger partial charge in [-0.15, -0.1) is 0 Å². The Morgan fingerprint density at radius 1 is 0.824 bits per heavy atom. The number of rotatable bonds is 3. The SMILES string of the molecule is O=C(Nc1ccccc1)[C@@H]1[C@@H]2C(=O)N(c3ccc(F)cc3)C(=O)[C@@H]2[C@H]2C=Cc3ccccc3N21. The first-order valence-electron chi connectivity index (χ1n) is 11.1. The molecule has 0 radical (unpaired) electrons. The Balaban J connectivity index is 1.44. The second kappa shape index (κ2) is 7.66. The largest absolute Gasteiger partial charge is 0.351 e. The summed E-state index contributed by atoms with van der Waals surface area (Å²) in [7, 11) is 0. The van der Waals surface area contributed by atoms with Crippen LogP contribution in [0.15, 0.2) is 84.9 Å². The quantitative estimate of drug-likeness (QED) is 0.612. The topological polar surface area (TPSA) is 69.7 Å². The normalized spacial score (nSPS) is 24.6. The summed E-state index contributed by atoms with van der Waals surface area (Å²) in [4.78, 5) is 43.9. The van der Waals surface area contributed by atoms with Gasteiger partial charge in [-0.1, -0.05) is 48.6 Å². The van der Waals surface area contributed by atoms with Crippen LogP contribution in [0.1, 0.15) is 5.56 Å². The van der Waals surface area contributed by atoms with Gasteiger partial charge in [0.2, 0.25) is 17.7 Å². The van der Waals surface area contributed by atoms with Gasteiger partial charge in [0, 0.05) is 11.4 Å². The maximum absolute atomic E-state index is 13.7. The molecule has 3 aliphatic rings. The number of imide groups is 1. The van der Waals surface area contributed by atoms with Gasteiger partial charge >= 0.3 is 0 Å². The van der Waals surface area contributed by atoms with Crippen LogP contribution in [0.4, 0.5) is 21.5 Å². The van der Waals surface area contributed by atoms with Crippen LogP contribution >= 0.6 is 0 Å². The summed E-state index contributed by atoms with van der Waals surface area (Å²) in [6.45, 7) is 0. The van der Waals surface area contributed by atoms with E-state index in [4.69, 9.17) is 0 Å². The van der Waals surface area contributed by atoms with Gasteiger partial charge in [0.25, 0.3) is 0 Å². The summed E-state index contributed by atoms with van der Waals surface area (Å²) < 4.78 is 13.5. The zero-order valence-electron chi connectivity index (χ0n) is 18.0. The van der Waals surface area contributed by atoms with Crippen molar-refractivity contribution in [1.82, 2.24) is 0 Å². The highest BCUT2D eigenvalue weighted by molar-refractivity contribution is 6.25. The molecule has 0 bridgehead atoms. The monoisotopic (exact) mass is 453 g/mol. The van der Waals surface area contributed by atoms with E-state index in [0.29, 0.717) is 11.4 Å². The van der Waals surface area contributed by atoms with Crippen LogP contribution in [0.3, 0.4) is 0 Å². The third kappa shape index (κ3) is 2.97. The lowest BCUT2D eigenvalue weighted by Gasteiger charge is -2.36. The number of carbonyl (C=O) groups excluding carboxylic acids is 3. The average Bonchev–Trinajstić information content (AvgIpc) is 3.33. The van der Waals surface area contributed by atoms with Crippen LogP contribution < -0.4 is 15.1 Å². The predicted molar refractivity (Wildman–Crippen MR) is 126 cm³/mol. The van der Waals surface area contributed by atoms with Crippen molar-refractivity contribution in [2.24, 2.45) is 11.8 Å². The molecule has 168 valence electrons. The van der Waals surface area contributed by atoms with E-state index in [-0.39, 0.29) is 11.8 Å². The number of nitrogens with zero attached hydrogens (tertiary/aromatic N) is 2. The van der Waals surface area contributed by atoms with E-state index in [9.17, 15) is 18.8 Å². The maximum Gasteiger partial charge on any atom is 0.247 e. The minimum atomic E-state index is -0.886. The number of carbonyl (C=O) groups is 3. The second-order valence-electron chi connectivity index (χ2n) is 8.66. The van der Waals surface area contributed by atoms with E-state index in [1.807, 2.05) is 59.5 Å². The van der Waals surface area contributed by atoms with Crippen molar-refractivity contribution in [1.29, 1.82) is 0 Å². The molecule has 0 unspecified atom stereocenters. The standard InChI is InChI=1S/C27H20FN3O3/c28-17-11-13-19(14-12-17)30-26(33)22-21-15-10-16-6-4-5-9-20(16)31(21)24(23(22)27(30)34)25(32)29-18-7-2-1-3-8-18/h1-15,21-24H,(H,29,32)/t21-,22-,23-,24+/m1/s1. The van der Waals surface area contributed by atoms with Crippen molar-refractivity contribution in [2.75, 3.05) is 15.1 Å². The highest BCUT2D eigenvalue weighted by atomic mass is 19.1. The number of para-hydroxylation sites is 2. The molecular weight excluding hydrogens is 433 g/mol.